The molecule has 1 fully saturated rings. The van der Waals surface area contributed by atoms with Crippen molar-refractivity contribution in [3.8, 4) is 0 Å². The lowest BCUT2D eigenvalue weighted by molar-refractivity contribution is -0.126. The maximum Gasteiger partial charge on any atom is 0.222 e. The lowest BCUT2D eigenvalue weighted by atomic mass is 9.96. The third-order valence-electron chi connectivity index (χ3n) is 3.78. The predicted molar refractivity (Wildman–Crippen MR) is 84.9 cm³/mol. The molecular formula is C16H22BrNO3. The summed E-state index contributed by atoms with van der Waals surface area (Å²) in [5.74, 6) is -0.0701. The van der Waals surface area contributed by atoms with Crippen LogP contribution in [0.5, 0.6) is 0 Å². The third kappa shape index (κ3) is 5.09. The van der Waals surface area contributed by atoms with E-state index in [-0.39, 0.29) is 18.6 Å². The molecule has 4 nitrogen and oxygen atoms in total. The van der Waals surface area contributed by atoms with E-state index in [1.807, 2.05) is 24.3 Å². The Bertz CT molecular complexity index is 467. The van der Waals surface area contributed by atoms with Crippen LogP contribution in [0.2, 0.25) is 0 Å². The average Bonchev–Trinajstić information content (AvgIpc) is 2.47. The fourth-order valence-corrected chi connectivity index (χ4v) is 2.69. The number of nitrogens with one attached hydrogen (secondary N) is 1. The van der Waals surface area contributed by atoms with Crippen molar-refractivity contribution in [2.24, 2.45) is 0 Å². The summed E-state index contributed by atoms with van der Waals surface area (Å²) in [7, 11) is 0. The monoisotopic (exact) mass is 355 g/mol. The molecule has 0 aromatic heterocycles. The largest absolute Gasteiger partial charge is 0.384 e. The van der Waals surface area contributed by atoms with Crippen molar-refractivity contribution in [3.63, 3.8) is 0 Å². The summed E-state index contributed by atoms with van der Waals surface area (Å²) in [6.07, 6.45) is 3.54. The lowest BCUT2D eigenvalue weighted by Gasteiger charge is -2.26. The highest BCUT2D eigenvalue weighted by atomic mass is 79.9. The Balaban J connectivity index is 1.82. The Hall–Kier alpha value is -0.910. The minimum absolute atomic E-state index is 0.0244. The number of hydrogen-bond acceptors (Lipinski definition) is 3. The van der Waals surface area contributed by atoms with Gasteiger partial charge in [-0.3, -0.25) is 4.79 Å². The fraction of sp³-hybridized carbons (Fsp3) is 0.562. The van der Waals surface area contributed by atoms with Crippen molar-refractivity contribution in [2.75, 3.05) is 13.2 Å². The molecule has 2 N–H and O–H groups in total. The van der Waals surface area contributed by atoms with E-state index in [2.05, 4.69) is 21.2 Å². The fourth-order valence-electron chi connectivity index (χ4n) is 2.43. The van der Waals surface area contributed by atoms with Crippen molar-refractivity contribution in [1.82, 2.24) is 5.32 Å². The van der Waals surface area contributed by atoms with Gasteiger partial charge in [0.1, 0.15) is 5.60 Å². The SMILES string of the molecule is CC(O)(CNC(=O)CC1CCCCO1)c1ccc(Br)cc1. The number of aliphatic hydroxyl groups is 1. The molecule has 0 radical (unpaired) electrons. The second-order valence-electron chi connectivity index (χ2n) is 5.75. The molecule has 1 aromatic rings. The summed E-state index contributed by atoms with van der Waals surface area (Å²) in [6.45, 7) is 2.64. The summed E-state index contributed by atoms with van der Waals surface area (Å²) in [5.41, 5.74) is -0.302. The number of amides is 1. The highest BCUT2D eigenvalue weighted by molar-refractivity contribution is 9.10. The number of carbonyl (C=O) groups excluding carboxylic acids is 1. The molecule has 116 valence electrons. The van der Waals surface area contributed by atoms with Crippen LogP contribution >= 0.6 is 15.9 Å². The number of halogens is 1. The van der Waals surface area contributed by atoms with Gasteiger partial charge in [-0.25, -0.2) is 0 Å². The topological polar surface area (TPSA) is 58.6 Å². The zero-order valence-corrected chi connectivity index (χ0v) is 13.9. The maximum absolute atomic E-state index is 11.9. The van der Waals surface area contributed by atoms with Gasteiger partial charge in [-0.2, -0.15) is 0 Å². The van der Waals surface area contributed by atoms with Crippen LogP contribution in [0.3, 0.4) is 0 Å². The van der Waals surface area contributed by atoms with Crippen molar-refractivity contribution < 1.29 is 14.6 Å². The van der Waals surface area contributed by atoms with Crippen LogP contribution in [0, 0.1) is 0 Å². The summed E-state index contributed by atoms with van der Waals surface area (Å²) in [6, 6.07) is 7.45. The van der Waals surface area contributed by atoms with Crippen LogP contribution in [-0.2, 0) is 15.1 Å². The normalized spacial score (nSPS) is 21.6. The van der Waals surface area contributed by atoms with Gasteiger partial charge in [0.25, 0.3) is 0 Å². The van der Waals surface area contributed by atoms with Crippen LogP contribution in [0.1, 0.15) is 38.2 Å². The molecule has 0 spiro atoms. The molecule has 0 bridgehead atoms. The van der Waals surface area contributed by atoms with E-state index >= 15 is 0 Å². The van der Waals surface area contributed by atoms with Gasteiger partial charge in [-0.1, -0.05) is 28.1 Å². The maximum atomic E-state index is 11.9. The number of hydrogen-bond donors (Lipinski definition) is 2. The highest BCUT2D eigenvalue weighted by Crippen LogP contribution is 2.22. The lowest BCUT2D eigenvalue weighted by Crippen LogP contribution is -2.40. The van der Waals surface area contributed by atoms with E-state index in [1.54, 1.807) is 6.92 Å². The average molecular weight is 356 g/mol. The van der Waals surface area contributed by atoms with E-state index in [1.165, 1.54) is 0 Å². The van der Waals surface area contributed by atoms with E-state index < -0.39 is 5.60 Å². The molecule has 1 heterocycles. The first kappa shape index (κ1) is 16.5. The van der Waals surface area contributed by atoms with Gasteiger partial charge >= 0.3 is 0 Å². The van der Waals surface area contributed by atoms with Gasteiger partial charge in [0.2, 0.25) is 5.91 Å². The molecule has 0 aliphatic carbocycles. The molecule has 0 saturated carbocycles. The molecular weight excluding hydrogens is 334 g/mol. The minimum atomic E-state index is -1.08. The Labute approximate surface area is 134 Å². The number of ether oxygens (including phenoxy) is 1. The van der Waals surface area contributed by atoms with Crippen LogP contribution in [-0.4, -0.2) is 30.3 Å². The zero-order chi connectivity index (χ0) is 15.3. The first-order chi connectivity index (χ1) is 9.97. The van der Waals surface area contributed by atoms with E-state index in [0.29, 0.717) is 6.42 Å². The van der Waals surface area contributed by atoms with Gasteiger partial charge in [0, 0.05) is 11.1 Å². The Morgan fingerprint density at radius 1 is 1.43 bits per heavy atom. The molecule has 2 rings (SSSR count). The first-order valence-electron chi connectivity index (χ1n) is 7.34. The molecule has 21 heavy (non-hydrogen) atoms. The van der Waals surface area contributed by atoms with Gasteiger partial charge < -0.3 is 15.2 Å². The van der Waals surface area contributed by atoms with E-state index in [0.717, 1.165) is 35.9 Å². The van der Waals surface area contributed by atoms with Gasteiger partial charge in [0.05, 0.1) is 19.1 Å². The summed E-state index contributed by atoms with van der Waals surface area (Å²) < 4.78 is 6.51. The van der Waals surface area contributed by atoms with E-state index in [9.17, 15) is 9.90 Å². The second-order valence-corrected chi connectivity index (χ2v) is 6.67. The molecule has 2 unspecified atom stereocenters. The Morgan fingerprint density at radius 2 is 2.14 bits per heavy atom. The van der Waals surface area contributed by atoms with Crippen LogP contribution in [0.25, 0.3) is 0 Å². The Kier molecular flexibility index (Phi) is 5.79. The standard InChI is InChI=1S/C16H22BrNO3/c1-16(20,12-5-7-13(17)8-6-12)11-18-15(19)10-14-4-2-3-9-21-14/h5-8,14,20H,2-4,9-11H2,1H3,(H,18,19). The van der Waals surface area contributed by atoms with Crippen molar-refractivity contribution in [2.45, 2.75) is 44.3 Å². The summed E-state index contributed by atoms with van der Waals surface area (Å²) in [5, 5.41) is 13.3. The highest BCUT2D eigenvalue weighted by Gasteiger charge is 2.25. The quantitative estimate of drug-likeness (QED) is 0.853. The predicted octanol–water partition coefficient (Wildman–Crippen LogP) is 2.73. The number of carbonyl (C=O) groups is 1. The molecule has 1 aromatic carbocycles. The molecule has 5 heteroatoms. The third-order valence-corrected chi connectivity index (χ3v) is 4.31. The smallest absolute Gasteiger partial charge is 0.222 e. The molecule has 2 atom stereocenters. The van der Waals surface area contributed by atoms with Gasteiger partial charge in [0.15, 0.2) is 0 Å². The molecule has 1 saturated heterocycles. The summed E-state index contributed by atoms with van der Waals surface area (Å²) in [4.78, 5) is 11.9. The first-order valence-corrected chi connectivity index (χ1v) is 8.13. The van der Waals surface area contributed by atoms with E-state index in [4.69, 9.17) is 4.74 Å². The zero-order valence-electron chi connectivity index (χ0n) is 12.3. The van der Waals surface area contributed by atoms with Crippen LogP contribution in [0.15, 0.2) is 28.7 Å². The number of benzene rings is 1. The molecule has 1 amide bonds. The van der Waals surface area contributed by atoms with Crippen LogP contribution in [0.4, 0.5) is 0 Å². The Morgan fingerprint density at radius 3 is 2.76 bits per heavy atom. The van der Waals surface area contributed by atoms with Crippen molar-refractivity contribution >= 4 is 21.8 Å². The molecule has 1 aliphatic rings. The summed E-state index contributed by atoms with van der Waals surface area (Å²) >= 11 is 3.36. The molecule has 1 aliphatic heterocycles. The van der Waals surface area contributed by atoms with Crippen LogP contribution < -0.4 is 5.32 Å². The minimum Gasteiger partial charge on any atom is -0.384 e. The number of rotatable bonds is 5. The van der Waals surface area contributed by atoms with Crippen molar-refractivity contribution in [3.05, 3.63) is 34.3 Å². The van der Waals surface area contributed by atoms with Crippen molar-refractivity contribution in [1.29, 1.82) is 0 Å². The second kappa shape index (κ2) is 7.38. The van der Waals surface area contributed by atoms with Gasteiger partial charge in [-0.05, 0) is 43.9 Å². The van der Waals surface area contributed by atoms with Gasteiger partial charge in [-0.15, -0.1) is 0 Å².